The molecular weight excluding hydrogens is 380 g/mol. The number of aromatic nitrogens is 2. The van der Waals surface area contributed by atoms with Crippen LogP contribution >= 0.6 is 11.6 Å². The van der Waals surface area contributed by atoms with E-state index in [1.54, 1.807) is 38.2 Å². The van der Waals surface area contributed by atoms with Crippen LogP contribution in [0.15, 0.2) is 57.8 Å². The predicted octanol–water partition coefficient (Wildman–Crippen LogP) is 1.87. The molecule has 2 N–H and O–H groups in total. The lowest BCUT2D eigenvalue weighted by molar-refractivity contribution is -0.117. The fourth-order valence-electron chi connectivity index (χ4n) is 3.47. The number of anilines is 1. The minimum Gasteiger partial charge on any atom is -0.349 e. The first-order valence-electron chi connectivity index (χ1n) is 8.70. The van der Waals surface area contributed by atoms with Crippen LogP contribution in [-0.4, -0.2) is 21.6 Å². The van der Waals surface area contributed by atoms with Crippen LogP contribution in [0.4, 0.5) is 5.82 Å². The summed E-state index contributed by atoms with van der Waals surface area (Å²) in [4.78, 5) is 38.4. The van der Waals surface area contributed by atoms with Gasteiger partial charge in [0.25, 0.3) is 5.56 Å². The van der Waals surface area contributed by atoms with Gasteiger partial charge in [-0.25, -0.2) is 4.79 Å². The maximum absolute atomic E-state index is 13.1. The van der Waals surface area contributed by atoms with E-state index in [2.05, 4.69) is 17.2 Å². The minimum absolute atomic E-state index is 0.288. The van der Waals surface area contributed by atoms with Gasteiger partial charge in [-0.05, 0) is 24.6 Å². The van der Waals surface area contributed by atoms with Gasteiger partial charge in [0, 0.05) is 36.9 Å². The summed E-state index contributed by atoms with van der Waals surface area (Å²) in [6.07, 6.45) is 1.58. The lowest BCUT2D eigenvalue weighted by Gasteiger charge is -2.31. The van der Waals surface area contributed by atoms with Crippen LogP contribution in [0.3, 0.4) is 0 Å². The van der Waals surface area contributed by atoms with Crippen LogP contribution in [0.1, 0.15) is 24.0 Å². The van der Waals surface area contributed by atoms with Crippen LogP contribution in [0, 0.1) is 0 Å². The van der Waals surface area contributed by atoms with Crippen LogP contribution in [0.25, 0.3) is 0 Å². The highest BCUT2D eigenvalue weighted by atomic mass is 35.5. The monoisotopic (exact) mass is 400 g/mol. The Bertz CT molecular complexity index is 1130. The number of nitrogens with one attached hydrogen (secondary N) is 2. The molecule has 1 aromatic heterocycles. The van der Waals surface area contributed by atoms with Gasteiger partial charge in [-0.1, -0.05) is 29.8 Å². The summed E-state index contributed by atoms with van der Waals surface area (Å²) in [5.41, 5.74) is 1.05. The first-order chi connectivity index (χ1) is 13.3. The molecule has 2 aromatic rings. The van der Waals surface area contributed by atoms with Crippen molar-refractivity contribution >= 4 is 23.3 Å². The molecule has 0 saturated carbocycles. The number of hydrogen-bond donors (Lipinski definition) is 2. The summed E-state index contributed by atoms with van der Waals surface area (Å²) in [5.74, 6) is -0.627. The van der Waals surface area contributed by atoms with E-state index in [0.717, 1.165) is 4.57 Å². The molecule has 1 atom stereocenters. The molecular formula is C20H21ClN4O3. The van der Waals surface area contributed by atoms with E-state index in [-0.39, 0.29) is 12.5 Å². The summed E-state index contributed by atoms with van der Waals surface area (Å²) in [6.45, 7) is 5.64. The van der Waals surface area contributed by atoms with Gasteiger partial charge in [0.05, 0.1) is 11.5 Å². The standard InChI is InChI=1S/C20H21ClN4O3/c1-5-9-22-18(26)14-11(2)23-17-16(19(27)25(4)20(28)24(17)3)15(14)12-7-6-8-13(21)10-12/h5-8,10,15,23H,1,9H2,2-4H3,(H,22,26). The quantitative estimate of drug-likeness (QED) is 0.767. The Hall–Kier alpha value is -3.06. The number of rotatable bonds is 4. The maximum atomic E-state index is 13.1. The molecule has 1 aromatic carbocycles. The molecule has 3 rings (SSSR count). The van der Waals surface area contributed by atoms with Gasteiger partial charge in [-0.15, -0.1) is 6.58 Å². The number of carbonyl (C=O) groups is 1. The zero-order chi connectivity index (χ0) is 20.6. The second-order valence-corrected chi connectivity index (χ2v) is 7.05. The van der Waals surface area contributed by atoms with E-state index < -0.39 is 17.2 Å². The van der Waals surface area contributed by atoms with Crippen molar-refractivity contribution in [3.63, 3.8) is 0 Å². The second kappa shape index (κ2) is 7.52. The Morgan fingerprint density at radius 2 is 2.04 bits per heavy atom. The fourth-order valence-corrected chi connectivity index (χ4v) is 3.67. The topological polar surface area (TPSA) is 85.1 Å². The Labute approximate surface area is 166 Å². The van der Waals surface area contributed by atoms with Gasteiger partial charge >= 0.3 is 5.69 Å². The van der Waals surface area contributed by atoms with Crippen molar-refractivity contribution in [1.29, 1.82) is 0 Å². The molecule has 0 aliphatic carbocycles. The summed E-state index contributed by atoms with van der Waals surface area (Å²) in [6, 6.07) is 7.02. The summed E-state index contributed by atoms with van der Waals surface area (Å²) < 4.78 is 2.41. The number of allylic oxidation sites excluding steroid dienone is 1. The van der Waals surface area contributed by atoms with Crippen molar-refractivity contribution in [3.05, 3.63) is 85.2 Å². The van der Waals surface area contributed by atoms with Gasteiger partial charge in [-0.3, -0.25) is 18.7 Å². The molecule has 0 radical (unpaired) electrons. The van der Waals surface area contributed by atoms with E-state index in [4.69, 9.17) is 11.6 Å². The third kappa shape index (κ3) is 3.18. The largest absolute Gasteiger partial charge is 0.349 e. The maximum Gasteiger partial charge on any atom is 0.332 e. The van der Waals surface area contributed by atoms with E-state index in [0.29, 0.717) is 33.2 Å². The van der Waals surface area contributed by atoms with Crippen molar-refractivity contribution in [1.82, 2.24) is 14.5 Å². The second-order valence-electron chi connectivity index (χ2n) is 6.62. The molecule has 28 heavy (non-hydrogen) atoms. The number of nitrogens with zero attached hydrogens (tertiary/aromatic N) is 2. The van der Waals surface area contributed by atoms with Crippen molar-refractivity contribution in [2.24, 2.45) is 14.1 Å². The molecule has 0 saturated heterocycles. The third-order valence-corrected chi connectivity index (χ3v) is 5.06. The number of hydrogen-bond acceptors (Lipinski definition) is 4. The molecule has 1 amide bonds. The summed E-state index contributed by atoms with van der Waals surface area (Å²) in [5, 5.41) is 6.33. The van der Waals surface area contributed by atoms with Gasteiger partial charge in [-0.2, -0.15) is 0 Å². The molecule has 146 valence electrons. The predicted molar refractivity (Wildman–Crippen MR) is 110 cm³/mol. The smallest absolute Gasteiger partial charge is 0.332 e. The molecule has 8 heteroatoms. The first-order valence-corrected chi connectivity index (χ1v) is 9.08. The van der Waals surface area contributed by atoms with Crippen LogP contribution in [0.5, 0.6) is 0 Å². The normalized spacial score (nSPS) is 15.6. The molecule has 2 heterocycles. The van der Waals surface area contributed by atoms with Gasteiger partial charge < -0.3 is 10.6 Å². The zero-order valence-electron chi connectivity index (χ0n) is 15.9. The molecule has 0 fully saturated rings. The van der Waals surface area contributed by atoms with E-state index in [9.17, 15) is 14.4 Å². The molecule has 1 aliphatic heterocycles. The molecule has 0 spiro atoms. The minimum atomic E-state index is -0.676. The van der Waals surface area contributed by atoms with Crippen molar-refractivity contribution in [2.75, 3.05) is 11.9 Å². The Morgan fingerprint density at radius 3 is 2.68 bits per heavy atom. The van der Waals surface area contributed by atoms with Crippen LogP contribution in [0.2, 0.25) is 5.02 Å². The van der Waals surface area contributed by atoms with Gasteiger partial charge in [0.1, 0.15) is 5.82 Å². The Morgan fingerprint density at radius 1 is 1.32 bits per heavy atom. The average Bonchev–Trinajstić information content (AvgIpc) is 2.67. The van der Waals surface area contributed by atoms with Crippen LogP contribution in [-0.2, 0) is 18.9 Å². The van der Waals surface area contributed by atoms with Crippen LogP contribution < -0.4 is 21.9 Å². The average molecular weight is 401 g/mol. The number of halogens is 1. The lowest BCUT2D eigenvalue weighted by atomic mass is 9.81. The molecule has 1 unspecified atom stereocenters. The SMILES string of the molecule is C=CCNC(=O)C1=C(C)Nc2c(c(=O)n(C)c(=O)n2C)C1c1cccc(Cl)c1. The van der Waals surface area contributed by atoms with E-state index in [1.807, 2.05) is 6.07 Å². The van der Waals surface area contributed by atoms with E-state index >= 15 is 0 Å². The number of fused-ring (bicyclic) bond motifs is 1. The Balaban J connectivity index is 2.35. The first kappa shape index (κ1) is 19.7. The molecule has 7 nitrogen and oxygen atoms in total. The fraction of sp³-hybridized carbons (Fsp3) is 0.250. The van der Waals surface area contributed by atoms with Gasteiger partial charge in [0.2, 0.25) is 5.91 Å². The highest BCUT2D eigenvalue weighted by Crippen LogP contribution is 2.39. The lowest BCUT2D eigenvalue weighted by Crippen LogP contribution is -2.44. The highest BCUT2D eigenvalue weighted by Gasteiger charge is 2.36. The van der Waals surface area contributed by atoms with Crippen molar-refractivity contribution < 1.29 is 4.79 Å². The van der Waals surface area contributed by atoms with E-state index in [1.165, 1.54) is 11.6 Å². The summed E-state index contributed by atoms with van der Waals surface area (Å²) >= 11 is 6.18. The zero-order valence-corrected chi connectivity index (χ0v) is 16.6. The highest BCUT2D eigenvalue weighted by molar-refractivity contribution is 6.30. The number of benzene rings is 1. The van der Waals surface area contributed by atoms with Gasteiger partial charge in [0.15, 0.2) is 0 Å². The van der Waals surface area contributed by atoms with Crippen molar-refractivity contribution in [3.8, 4) is 0 Å². The Kier molecular flexibility index (Phi) is 5.29. The van der Waals surface area contributed by atoms with Crippen molar-refractivity contribution in [2.45, 2.75) is 12.8 Å². The summed E-state index contributed by atoms with van der Waals surface area (Å²) in [7, 11) is 3.00. The third-order valence-electron chi connectivity index (χ3n) is 4.82. The molecule has 0 bridgehead atoms. The number of amides is 1. The number of carbonyl (C=O) groups excluding carboxylic acids is 1. The molecule has 1 aliphatic rings.